The lowest BCUT2D eigenvalue weighted by atomic mass is 10.2. The topological polar surface area (TPSA) is 86.4 Å². The minimum Gasteiger partial charge on any atom is -0.467 e. The van der Waals surface area contributed by atoms with Crippen molar-refractivity contribution in [1.82, 2.24) is 14.9 Å². The van der Waals surface area contributed by atoms with Gasteiger partial charge in [-0.05, 0) is 43.7 Å². The molecule has 1 unspecified atom stereocenters. The highest BCUT2D eigenvalue weighted by Crippen LogP contribution is 2.24. The van der Waals surface area contributed by atoms with Crippen LogP contribution in [0.5, 0.6) is 0 Å². The number of carbonyl (C=O) groups excluding carboxylic acids is 1. The van der Waals surface area contributed by atoms with Crippen LogP contribution < -0.4 is 10.9 Å². The molecule has 0 aliphatic rings. The van der Waals surface area contributed by atoms with Crippen molar-refractivity contribution in [2.24, 2.45) is 0 Å². The highest BCUT2D eigenvalue weighted by Gasteiger charge is 2.20. The zero-order valence-electron chi connectivity index (χ0n) is 16.2. The number of furan rings is 1. The zero-order chi connectivity index (χ0) is 20.8. The first-order chi connectivity index (χ1) is 14.0. The number of fused-ring (bicyclic) bond motifs is 1. The number of carbonyl (C=O) groups is 1. The molecule has 2 heterocycles. The minimum atomic E-state index is -0.441. The maximum absolute atomic E-state index is 13.1. The lowest BCUT2D eigenvalue weighted by molar-refractivity contribution is -0.120. The van der Waals surface area contributed by atoms with Gasteiger partial charge in [0, 0.05) is 25.3 Å². The van der Waals surface area contributed by atoms with E-state index in [9.17, 15) is 9.59 Å². The van der Waals surface area contributed by atoms with Crippen molar-refractivity contribution in [3.05, 3.63) is 57.7 Å². The number of hydrogen-bond acceptors (Lipinski definition) is 6. The van der Waals surface area contributed by atoms with Gasteiger partial charge in [0.1, 0.15) is 5.76 Å². The highest BCUT2D eigenvalue weighted by atomic mass is 35.5. The van der Waals surface area contributed by atoms with Crippen molar-refractivity contribution in [1.29, 1.82) is 0 Å². The Morgan fingerprint density at radius 2 is 2.24 bits per heavy atom. The van der Waals surface area contributed by atoms with Gasteiger partial charge in [0.2, 0.25) is 5.91 Å². The molecule has 9 heteroatoms. The number of aromatic nitrogens is 2. The first-order valence-corrected chi connectivity index (χ1v) is 10.4. The van der Waals surface area contributed by atoms with Gasteiger partial charge in [0.25, 0.3) is 5.56 Å². The smallest absolute Gasteiger partial charge is 0.262 e. The number of benzene rings is 1. The van der Waals surface area contributed by atoms with Crippen LogP contribution in [0.25, 0.3) is 10.9 Å². The second kappa shape index (κ2) is 9.96. The molecule has 29 heavy (non-hydrogen) atoms. The Kier molecular flexibility index (Phi) is 7.35. The third kappa shape index (κ3) is 5.41. The average Bonchev–Trinajstić information content (AvgIpc) is 3.21. The monoisotopic (exact) mass is 435 g/mol. The number of hydrogen-bond donors (Lipinski definition) is 1. The standard InChI is InChI=1S/C20H22ClN3O4S/c1-13(18(25)22-8-4-9-27-2)29-20-23-17-11-14(21)6-7-16(17)19(26)24(20)12-15-5-3-10-28-15/h3,5-7,10-11,13H,4,8-9,12H2,1-2H3,(H,22,25). The number of nitrogens with zero attached hydrogens (tertiary/aromatic N) is 2. The van der Waals surface area contributed by atoms with Gasteiger partial charge in [-0.15, -0.1) is 0 Å². The summed E-state index contributed by atoms with van der Waals surface area (Å²) in [4.78, 5) is 30.1. The molecule has 3 rings (SSSR count). The van der Waals surface area contributed by atoms with Crippen LogP contribution in [0.4, 0.5) is 0 Å². The van der Waals surface area contributed by atoms with Crippen LogP contribution in [0.1, 0.15) is 19.1 Å². The number of ether oxygens (including phenoxy) is 1. The van der Waals surface area contributed by atoms with E-state index in [0.717, 1.165) is 6.42 Å². The maximum atomic E-state index is 13.1. The van der Waals surface area contributed by atoms with Crippen molar-refractivity contribution in [2.75, 3.05) is 20.3 Å². The van der Waals surface area contributed by atoms with Crippen LogP contribution in [0.3, 0.4) is 0 Å². The van der Waals surface area contributed by atoms with E-state index in [1.807, 2.05) is 0 Å². The highest BCUT2D eigenvalue weighted by molar-refractivity contribution is 8.00. The van der Waals surface area contributed by atoms with Crippen LogP contribution in [-0.2, 0) is 16.1 Å². The third-order valence-corrected chi connectivity index (χ3v) is 5.58. The molecule has 0 saturated heterocycles. The average molecular weight is 436 g/mol. The van der Waals surface area contributed by atoms with Gasteiger partial charge in [-0.2, -0.15) is 0 Å². The molecule has 2 aromatic heterocycles. The van der Waals surface area contributed by atoms with Crippen LogP contribution >= 0.6 is 23.4 Å². The van der Waals surface area contributed by atoms with Gasteiger partial charge in [-0.25, -0.2) is 4.98 Å². The molecule has 1 amide bonds. The molecular formula is C20H22ClN3O4S. The largest absolute Gasteiger partial charge is 0.467 e. The Morgan fingerprint density at radius 3 is 2.97 bits per heavy atom. The summed E-state index contributed by atoms with van der Waals surface area (Å²) in [6, 6.07) is 8.52. The molecule has 1 atom stereocenters. The summed E-state index contributed by atoms with van der Waals surface area (Å²) in [6.07, 6.45) is 2.28. The predicted octanol–water partition coefficient (Wildman–Crippen LogP) is 3.32. The Hall–Kier alpha value is -2.29. The zero-order valence-corrected chi connectivity index (χ0v) is 17.8. The molecule has 0 spiro atoms. The summed E-state index contributed by atoms with van der Waals surface area (Å²) in [7, 11) is 1.62. The number of amides is 1. The Labute approximate surface area is 177 Å². The number of methoxy groups -OCH3 is 1. The molecule has 154 valence electrons. The molecule has 0 bridgehead atoms. The van der Waals surface area contributed by atoms with E-state index in [1.165, 1.54) is 16.3 Å². The van der Waals surface area contributed by atoms with E-state index in [2.05, 4.69) is 10.3 Å². The fraction of sp³-hybridized carbons (Fsp3) is 0.350. The quantitative estimate of drug-likeness (QED) is 0.315. The van der Waals surface area contributed by atoms with Gasteiger partial charge in [0.05, 0.1) is 29.0 Å². The summed E-state index contributed by atoms with van der Waals surface area (Å²) in [5.74, 6) is 0.497. The van der Waals surface area contributed by atoms with Crippen LogP contribution in [0.2, 0.25) is 5.02 Å². The first-order valence-electron chi connectivity index (χ1n) is 9.15. The fourth-order valence-corrected chi connectivity index (χ4v) is 3.84. The molecule has 1 aromatic carbocycles. The molecule has 0 aliphatic heterocycles. The van der Waals surface area contributed by atoms with Crippen LogP contribution in [-0.4, -0.2) is 41.0 Å². The molecule has 7 nitrogen and oxygen atoms in total. The van der Waals surface area contributed by atoms with E-state index in [1.54, 1.807) is 50.6 Å². The Balaban J connectivity index is 1.89. The lowest BCUT2D eigenvalue weighted by Crippen LogP contribution is -2.33. The van der Waals surface area contributed by atoms with E-state index < -0.39 is 5.25 Å². The molecule has 3 aromatic rings. The molecule has 0 fully saturated rings. The SMILES string of the molecule is COCCCNC(=O)C(C)Sc1nc2cc(Cl)ccc2c(=O)n1Cc1ccco1. The summed E-state index contributed by atoms with van der Waals surface area (Å²) in [5.41, 5.74) is 0.284. The lowest BCUT2D eigenvalue weighted by Gasteiger charge is -2.16. The normalized spacial score (nSPS) is 12.2. The predicted molar refractivity (Wildman–Crippen MR) is 114 cm³/mol. The van der Waals surface area contributed by atoms with E-state index in [4.69, 9.17) is 20.8 Å². The number of thioether (sulfide) groups is 1. The Morgan fingerprint density at radius 1 is 1.41 bits per heavy atom. The molecule has 0 saturated carbocycles. The molecular weight excluding hydrogens is 414 g/mol. The fourth-order valence-electron chi connectivity index (χ4n) is 2.75. The summed E-state index contributed by atoms with van der Waals surface area (Å²) < 4.78 is 11.9. The van der Waals surface area contributed by atoms with Gasteiger partial charge < -0.3 is 14.5 Å². The number of halogens is 1. The van der Waals surface area contributed by atoms with Crippen molar-refractivity contribution >= 4 is 40.2 Å². The van der Waals surface area contributed by atoms with E-state index in [-0.39, 0.29) is 18.0 Å². The van der Waals surface area contributed by atoms with Gasteiger partial charge in [-0.1, -0.05) is 23.4 Å². The van der Waals surface area contributed by atoms with Crippen molar-refractivity contribution < 1.29 is 13.9 Å². The second-order valence-corrected chi connectivity index (χ2v) is 8.17. The van der Waals surface area contributed by atoms with Crippen molar-refractivity contribution in [3.8, 4) is 0 Å². The van der Waals surface area contributed by atoms with Crippen molar-refractivity contribution in [3.63, 3.8) is 0 Å². The van der Waals surface area contributed by atoms with Crippen LogP contribution in [0, 0.1) is 0 Å². The summed E-state index contributed by atoms with van der Waals surface area (Å²) in [6.45, 7) is 3.11. The third-order valence-electron chi connectivity index (χ3n) is 4.25. The van der Waals surface area contributed by atoms with Gasteiger partial charge in [-0.3, -0.25) is 14.2 Å². The van der Waals surface area contributed by atoms with E-state index >= 15 is 0 Å². The Bertz CT molecular complexity index is 1040. The maximum Gasteiger partial charge on any atom is 0.262 e. The van der Waals surface area contributed by atoms with Gasteiger partial charge >= 0.3 is 0 Å². The number of nitrogens with one attached hydrogen (secondary N) is 1. The first kappa shape index (κ1) is 21.4. The van der Waals surface area contributed by atoms with Crippen LogP contribution in [0.15, 0.2) is 51.0 Å². The summed E-state index contributed by atoms with van der Waals surface area (Å²) in [5, 5.41) is 3.81. The molecule has 0 radical (unpaired) electrons. The second-order valence-electron chi connectivity index (χ2n) is 6.42. The molecule has 0 aliphatic carbocycles. The minimum absolute atomic E-state index is 0.129. The number of rotatable bonds is 9. The van der Waals surface area contributed by atoms with Gasteiger partial charge in [0.15, 0.2) is 5.16 Å². The molecule has 1 N–H and O–H groups in total. The van der Waals surface area contributed by atoms with Crippen molar-refractivity contribution in [2.45, 2.75) is 30.3 Å². The summed E-state index contributed by atoms with van der Waals surface area (Å²) >= 11 is 7.29. The van der Waals surface area contributed by atoms with E-state index in [0.29, 0.717) is 40.0 Å².